The summed E-state index contributed by atoms with van der Waals surface area (Å²) in [5.41, 5.74) is 2.31. The van der Waals surface area contributed by atoms with Crippen molar-refractivity contribution in [1.29, 1.82) is 0 Å². The van der Waals surface area contributed by atoms with Crippen LogP contribution in [0.1, 0.15) is 51.1 Å². The second kappa shape index (κ2) is 14.3. The molecule has 0 bridgehead atoms. The first-order valence-corrected chi connectivity index (χ1v) is 16.4. The van der Waals surface area contributed by atoms with E-state index in [1.807, 2.05) is 16.7 Å². The van der Waals surface area contributed by atoms with Crippen LogP contribution in [0.2, 0.25) is 0 Å². The van der Waals surface area contributed by atoms with Crippen LogP contribution in [0.25, 0.3) is 21.8 Å². The molecule has 3 aromatic carbocycles. The van der Waals surface area contributed by atoms with Gasteiger partial charge >= 0.3 is 11.9 Å². The number of hydrogen-bond acceptors (Lipinski definition) is 10. The normalized spacial score (nSPS) is 13.5. The predicted octanol–water partition coefficient (Wildman–Crippen LogP) is 3.47. The fourth-order valence-corrected chi connectivity index (χ4v) is 5.96. The lowest BCUT2D eigenvalue weighted by Crippen LogP contribution is -2.37. The van der Waals surface area contributed by atoms with Crippen molar-refractivity contribution >= 4 is 55.7 Å². The Morgan fingerprint density at radius 3 is 2.13 bits per heavy atom. The Balaban J connectivity index is 1.53. The number of esters is 1. The lowest BCUT2D eigenvalue weighted by molar-refractivity contribution is -0.645. The molecule has 0 saturated carbocycles. The van der Waals surface area contributed by atoms with Gasteiger partial charge in [0.2, 0.25) is 11.0 Å². The Morgan fingerprint density at radius 2 is 1.53 bits per heavy atom. The van der Waals surface area contributed by atoms with E-state index in [0.717, 1.165) is 0 Å². The van der Waals surface area contributed by atoms with E-state index >= 15 is 0 Å². The zero-order chi connectivity index (χ0) is 33.7. The summed E-state index contributed by atoms with van der Waals surface area (Å²) in [6, 6.07) is 17.1. The number of benzene rings is 3. The standard InChI is InChI=1S/C33H32N2O11S/c1-21-18-22(32(38)46-35-28(36)12-13-29(35)37)19-23(20-44-16-15-43-2)31(21)45-33(39)30-24-8-3-5-10-26(24)34(14-7-17-47(40,41)42)27-11-6-4-9-25(27)30/h3-6,8-11,18-19H,7,12-17,20H2,1-2H3/p+1. The van der Waals surface area contributed by atoms with E-state index in [1.165, 1.54) is 19.2 Å². The van der Waals surface area contributed by atoms with Crippen LogP contribution in [-0.2, 0) is 47.2 Å². The van der Waals surface area contributed by atoms with Crippen LogP contribution in [0.3, 0.4) is 0 Å². The molecule has 2 amide bonds. The molecule has 1 aromatic heterocycles. The van der Waals surface area contributed by atoms with Crippen molar-refractivity contribution in [3.63, 3.8) is 0 Å². The monoisotopic (exact) mass is 665 g/mol. The highest BCUT2D eigenvalue weighted by atomic mass is 32.2. The van der Waals surface area contributed by atoms with Crippen molar-refractivity contribution in [3.8, 4) is 5.75 Å². The first-order chi connectivity index (χ1) is 22.5. The van der Waals surface area contributed by atoms with E-state index in [0.29, 0.717) is 44.6 Å². The van der Waals surface area contributed by atoms with Gasteiger partial charge in [-0.3, -0.25) is 14.1 Å². The Bertz CT molecular complexity index is 1920. The molecule has 1 aliphatic heterocycles. The molecule has 14 heteroatoms. The lowest BCUT2D eigenvalue weighted by atomic mass is 10.0. The quantitative estimate of drug-likeness (QED) is 0.0423. The smallest absolute Gasteiger partial charge is 0.363 e. The highest BCUT2D eigenvalue weighted by Gasteiger charge is 2.34. The van der Waals surface area contributed by atoms with Gasteiger partial charge in [0.15, 0.2) is 6.54 Å². The fourth-order valence-electron chi connectivity index (χ4n) is 5.46. The summed E-state index contributed by atoms with van der Waals surface area (Å²) >= 11 is 0. The summed E-state index contributed by atoms with van der Waals surface area (Å²) in [4.78, 5) is 56.2. The van der Waals surface area contributed by atoms with Crippen molar-refractivity contribution in [2.45, 2.75) is 39.3 Å². The van der Waals surface area contributed by atoms with Crippen molar-refractivity contribution in [3.05, 3.63) is 82.9 Å². The Morgan fingerprint density at radius 1 is 0.915 bits per heavy atom. The van der Waals surface area contributed by atoms with Crippen molar-refractivity contribution in [1.82, 2.24) is 5.06 Å². The number of ether oxygens (including phenoxy) is 3. The molecule has 47 heavy (non-hydrogen) atoms. The second-order valence-corrected chi connectivity index (χ2v) is 12.4. The molecule has 1 fully saturated rings. The van der Waals surface area contributed by atoms with Crippen LogP contribution < -0.4 is 9.30 Å². The summed E-state index contributed by atoms with van der Waals surface area (Å²) in [6.45, 7) is 2.32. The van der Waals surface area contributed by atoms with Gasteiger partial charge in [0.05, 0.1) is 47.5 Å². The first-order valence-electron chi connectivity index (χ1n) is 14.8. The van der Waals surface area contributed by atoms with Crippen LogP contribution in [0, 0.1) is 6.92 Å². The van der Waals surface area contributed by atoms with E-state index in [4.69, 9.17) is 19.0 Å². The fraction of sp³-hybridized carbons (Fsp3) is 0.303. The Kier molecular flexibility index (Phi) is 10.3. The van der Waals surface area contributed by atoms with E-state index in [-0.39, 0.29) is 55.9 Å². The number of carbonyl (C=O) groups excluding carboxylic acids is 4. The van der Waals surface area contributed by atoms with Gasteiger partial charge < -0.3 is 19.0 Å². The van der Waals surface area contributed by atoms with E-state index in [2.05, 4.69) is 0 Å². The molecule has 0 radical (unpaired) electrons. The molecular formula is C33H33N2O11S+. The number of amides is 2. The van der Waals surface area contributed by atoms with Crippen LogP contribution >= 0.6 is 0 Å². The number of aryl methyl sites for hydroxylation is 2. The van der Waals surface area contributed by atoms with E-state index in [1.54, 1.807) is 43.3 Å². The Labute approximate surface area is 270 Å². The molecule has 1 N–H and O–H groups in total. The van der Waals surface area contributed by atoms with Gasteiger partial charge in [-0.25, -0.2) is 9.59 Å². The molecule has 0 atom stereocenters. The minimum absolute atomic E-state index is 0.0155. The minimum Gasteiger partial charge on any atom is -0.422 e. The maximum atomic E-state index is 14.1. The summed E-state index contributed by atoms with van der Waals surface area (Å²) < 4.78 is 50.8. The summed E-state index contributed by atoms with van der Waals surface area (Å²) in [7, 11) is -2.64. The number of methoxy groups -OCH3 is 1. The van der Waals surface area contributed by atoms with Crippen LogP contribution in [0.15, 0.2) is 60.7 Å². The van der Waals surface area contributed by atoms with Gasteiger partial charge in [0, 0.05) is 44.1 Å². The SMILES string of the molecule is COCCOCc1cc(C(=O)ON2C(=O)CCC2=O)cc(C)c1OC(=O)c1c2ccccc2[n+](CCCS(=O)(=O)O)c2ccccc12. The van der Waals surface area contributed by atoms with Crippen molar-refractivity contribution < 1.29 is 55.8 Å². The van der Waals surface area contributed by atoms with Crippen LogP contribution in [-0.4, -0.2) is 67.9 Å². The van der Waals surface area contributed by atoms with E-state index < -0.39 is 39.6 Å². The first kappa shape index (κ1) is 33.6. The zero-order valence-corrected chi connectivity index (χ0v) is 26.6. The maximum Gasteiger partial charge on any atom is 0.363 e. The molecule has 0 aliphatic carbocycles. The maximum absolute atomic E-state index is 14.1. The topological polar surface area (TPSA) is 167 Å². The average molecular weight is 666 g/mol. The number of rotatable bonds is 13. The number of nitrogens with zero attached hydrogens (tertiary/aromatic N) is 2. The van der Waals surface area contributed by atoms with Gasteiger partial charge in [-0.2, -0.15) is 13.0 Å². The number of para-hydroxylation sites is 2. The molecule has 0 spiro atoms. The third-order valence-electron chi connectivity index (χ3n) is 7.57. The number of fused-ring (bicyclic) bond motifs is 2. The van der Waals surface area contributed by atoms with Crippen molar-refractivity contribution in [2.75, 3.05) is 26.1 Å². The molecule has 246 valence electrons. The number of imide groups is 1. The minimum atomic E-state index is -4.16. The van der Waals surface area contributed by atoms with Gasteiger partial charge in [-0.1, -0.05) is 24.3 Å². The van der Waals surface area contributed by atoms with Crippen molar-refractivity contribution in [2.24, 2.45) is 0 Å². The number of carbonyl (C=O) groups is 4. The molecule has 1 aliphatic rings. The van der Waals surface area contributed by atoms with Gasteiger partial charge in [0.25, 0.3) is 21.9 Å². The molecule has 0 unspecified atom stereocenters. The molecule has 5 rings (SSSR count). The summed E-state index contributed by atoms with van der Waals surface area (Å²) in [5, 5.41) is 1.57. The van der Waals surface area contributed by atoms with Gasteiger partial charge in [-0.05, 0) is 36.8 Å². The largest absolute Gasteiger partial charge is 0.422 e. The number of hydrogen-bond donors (Lipinski definition) is 1. The highest BCUT2D eigenvalue weighted by Crippen LogP contribution is 2.31. The average Bonchev–Trinajstić information content (AvgIpc) is 3.35. The molecule has 4 aromatic rings. The highest BCUT2D eigenvalue weighted by molar-refractivity contribution is 7.85. The molecule has 1 saturated heterocycles. The third kappa shape index (κ3) is 7.63. The molecular weight excluding hydrogens is 632 g/mol. The van der Waals surface area contributed by atoms with Gasteiger partial charge in [-0.15, -0.1) is 5.06 Å². The molecule has 13 nitrogen and oxygen atoms in total. The summed E-state index contributed by atoms with van der Waals surface area (Å²) in [6.07, 6.45) is 0.0415. The second-order valence-electron chi connectivity index (χ2n) is 10.9. The van der Waals surface area contributed by atoms with Crippen LogP contribution in [0.5, 0.6) is 5.75 Å². The third-order valence-corrected chi connectivity index (χ3v) is 8.37. The lowest BCUT2D eigenvalue weighted by Gasteiger charge is -2.17. The number of hydroxylamine groups is 2. The number of pyridine rings is 1. The Hall–Kier alpha value is -4.76. The van der Waals surface area contributed by atoms with Crippen LogP contribution in [0.4, 0.5) is 0 Å². The number of aromatic nitrogens is 1. The van der Waals surface area contributed by atoms with Gasteiger partial charge in [0.1, 0.15) is 5.75 Å². The zero-order valence-electron chi connectivity index (χ0n) is 25.8. The van der Waals surface area contributed by atoms with E-state index in [9.17, 15) is 32.1 Å². The summed E-state index contributed by atoms with van der Waals surface area (Å²) in [5.74, 6) is -3.13. The molecule has 2 heterocycles. The predicted molar refractivity (Wildman–Crippen MR) is 167 cm³/mol.